The van der Waals surface area contributed by atoms with Crippen molar-refractivity contribution in [3.8, 4) is 5.75 Å². The van der Waals surface area contributed by atoms with Crippen LogP contribution < -0.4 is 10.1 Å². The molecule has 1 saturated carbocycles. The molecule has 1 aliphatic rings. The van der Waals surface area contributed by atoms with Crippen LogP contribution in [0.5, 0.6) is 5.75 Å². The summed E-state index contributed by atoms with van der Waals surface area (Å²) in [5.74, 6) is 1.63. The molecule has 0 radical (unpaired) electrons. The van der Waals surface area contributed by atoms with E-state index in [1.165, 1.54) is 36.8 Å². The molecule has 0 unspecified atom stereocenters. The van der Waals surface area contributed by atoms with Gasteiger partial charge in [-0.15, -0.1) is 0 Å². The lowest BCUT2D eigenvalue weighted by molar-refractivity contribution is 0.0978. The van der Waals surface area contributed by atoms with Gasteiger partial charge in [-0.05, 0) is 56.2 Å². The number of aliphatic hydroxyl groups is 1. The summed E-state index contributed by atoms with van der Waals surface area (Å²) in [5, 5.41) is 13.7. The van der Waals surface area contributed by atoms with Gasteiger partial charge >= 0.3 is 0 Å². The fraction of sp³-hybridized carbons (Fsp3) is 0.684. The van der Waals surface area contributed by atoms with Crippen LogP contribution in [-0.2, 0) is 0 Å². The van der Waals surface area contributed by atoms with Crippen LogP contribution in [0.3, 0.4) is 0 Å². The van der Waals surface area contributed by atoms with Gasteiger partial charge in [-0.3, -0.25) is 0 Å². The first-order valence-electron chi connectivity index (χ1n) is 8.60. The number of hydrogen-bond donors (Lipinski definition) is 2. The Bertz CT molecular complexity index is 487. The van der Waals surface area contributed by atoms with Gasteiger partial charge in [0.15, 0.2) is 0 Å². The topological polar surface area (TPSA) is 41.5 Å². The maximum absolute atomic E-state index is 10.2. The molecule has 0 spiro atoms. The van der Waals surface area contributed by atoms with Crippen molar-refractivity contribution < 1.29 is 9.84 Å². The van der Waals surface area contributed by atoms with Crippen molar-refractivity contribution >= 4 is 0 Å². The van der Waals surface area contributed by atoms with Crippen molar-refractivity contribution in [1.82, 2.24) is 5.32 Å². The van der Waals surface area contributed by atoms with E-state index in [1.807, 2.05) is 0 Å². The summed E-state index contributed by atoms with van der Waals surface area (Å²) in [6.07, 6.45) is 4.71. The Kier molecular flexibility index (Phi) is 6.27. The molecular weight excluding hydrogens is 274 g/mol. The van der Waals surface area contributed by atoms with E-state index >= 15 is 0 Å². The van der Waals surface area contributed by atoms with Crippen LogP contribution in [0, 0.1) is 26.7 Å². The second-order valence-electron chi connectivity index (χ2n) is 6.89. The van der Waals surface area contributed by atoms with Gasteiger partial charge in [0.25, 0.3) is 0 Å². The average molecular weight is 305 g/mol. The zero-order valence-corrected chi connectivity index (χ0v) is 14.5. The summed E-state index contributed by atoms with van der Waals surface area (Å²) in [5.41, 5.74) is 3.52. The van der Waals surface area contributed by atoms with Gasteiger partial charge in [-0.2, -0.15) is 0 Å². The fourth-order valence-corrected chi connectivity index (χ4v) is 3.29. The SMILES string of the molecule is Cc1ccc(C)c(OC[C@H](O)CN[C@H]2CCCC[C@@H]2C)c1C. The highest BCUT2D eigenvalue weighted by Gasteiger charge is 2.21. The van der Waals surface area contributed by atoms with E-state index in [4.69, 9.17) is 4.74 Å². The predicted molar refractivity (Wildman–Crippen MR) is 91.6 cm³/mol. The first-order chi connectivity index (χ1) is 10.5. The fourth-order valence-electron chi connectivity index (χ4n) is 3.29. The van der Waals surface area contributed by atoms with Crippen LogP contribution in [0.15, 0.2) is 12.1 Å². The third-order valence-corrected chi connectivity index (χ3v) is 5.02. The average Bonchev–Trinajstić information content (AvgIpc) is 2.50. The van der Waals surface area contributed by atoms with E-state index in [9.17, 15) is 5.11 Å². The Hall–Kier alpha value is -1.06. The highest BCUT2D eigenvalue weighted by molar-refractivity contribution is 5.44. The number of nitrogens with one attached hydrogen (secondary N) is 1. The third kappa shape index (κ3) is 4.47. The molecule has 0 amide bonds. The third-order valence-electron chi connectivity index (χ3n) is 5.02. The van der Waals surface area contributed by atoms with Gasteiger partial charge in [-0.25, -0.2) is 0 Å². The minimum atomic E-state index is -0.464. The van der Waals surface area contributed by atoms with Crippen molar-refractivity contribution in [3.05, 3.63) is 28.8 Å². The summed E-state index contributed by atoms with van der Waals surface area (Å²) < 4.78 is 5.89. The molecular formula is C19H31NO2. The molecule has 0 aliphatic heterocycles. The molecule has 3 nitrogen and oxygen atoms in total. The van der Waals surface area contributed by atoms with Gasteiger partial charge in [-0.1, -0.05) is 31.9 Å². The smallest absolute Gasteiger partial charge is 0.125 e. The predicted octanol–water partition coefficient (Wildman–Crippen LogP) is 3.52. The Morgan fingerprint density at radius 1 is 1.18 bits per heavy atom. The molecule has 1 fully saturated rings. The number of rotatable bonds is 6. The van der Waals surface area contributed by atoms with Crippen LogP contribution in [0.1, 0.15) is 49.3 Å². The van der Waals surface area contributed by atoms with Crippen LogP contribution in [0.25, 0.3) is 0 Å². The van der Waals surface area contributed by atoms with Gasteiger partial charge in [0.1, 0.15) is 18.5 Å². The number of aliphatic hydroxyl groups excluding tert-OH is 1. The van der Waals surface area contributed by atoms with Gasteiger partial charge in [0.05, 0.1) is 0 Å². The van der Waals surface area contributed by atoms with E-state index in [2.05, 4.69) is 45.1 Å². The molecule has 1 aromatic rings. The molecule has 0 saturated heterocycles. The minimum Gasteiger partial charge on any atom is -0.490 e. The number of aryl methyl sites for hydroxylation is 2. The Balaban J connectivity index is 1.80. The molecule has 1 aliphatic carbocycles. The Morgan fingerprint density at radius 2 is 1.86 bits per heavy atom. The highest BCUT2D eigenvalue weighted by Crippen LogP contribution is 2.26. The van der Waals surface area contributed by atoms with E-state index in [0.29, 0.717) is 25.1 Å². The van der Waals surface area contributed by atoms with E-state index in [0.717, 1.165) is 11.3 Å². The van der Waals surface area contributed by atoms with Gasteiger partial charge in [0.2, 0.25) is 0 Å². The van der Waals surface area contributed by atoms with E-state index in [-0.39, 0.29) is 0 Å². The minimum absolute atomic E-state index is 0.346. The van der Waals surface area contributed by atoms with Crippen LogP contribution in [0.2, 0.25) is 0 Å². The molecule has 0 aromatic heterocycles. The van der Waals surface area contributed by atoms with Gasteiger partial charge in [0, 0.05) is 12.6 Å². The molecule has 0 heterocycles. The number of benzene rings is 1. The second kappa shape index (κ2) is 7.98. The summed E-state index contributed by atoms with van der Waals surface area (Å²) in [6, 6.07) is 4.73. The number of ether oxygens (including phenoxy) is 1. The lowest BCUT2D eigenvalue weighted by Gasteiger charge is -2.30. The number of hydrogen-bond acceptors (Lipinski definition) is 3. The zero-order chi connectivity index (χ0) is 16.1. The summed E-state index contributed by atoms with van der Waals surface area (Å²) in [6.45, 7) is 9.48. The first-order valence-corrected chi connectivity index (χ1v) is 8.60. The Morgan fingerprint density at radius 3 is 2.59 bits per heavy atom. The van der Waals surface area contributed by atoms with Crippen molar-refractivity contribution in [2.24, 2.45) is 5.92 Å². The molecule has 3 heteroatoms. The lowest BCUT2D eigenvalue weighted by Crippen LogP contribution is -2.42. The maximum atomic E-state index is 10.2. The highest BCUT2D eigenvalue weighted by atomic mass is 16.5. The monoisotopic (exact) mass is 305 g/mol. The van der Waals surface area contributed by atoms with Crippen molar-refractivity contribution in [1.29, 1.82) is 0 Å². The quantitative estimate of drug-likeness (QED) is 0.845. The molecule has 2 N–H and O–H groups in total. The van der Waals surface area contributed by atoms with Crippen molar-refractivity contribution in [2.45, 2.75) is 65.5 Å². The standard InChI is InChI=1S/C19H31NO2/c1-13-9-10-15(3)19(16(13)4)22-12-17(21)11-20-18-8-6-5-7-14(18)2/h9-10,14,17-18,20-21H,5-8,11-12H2,1-4H3/t14-,17+,18-/m0/s1. The summed E-state index contributed by atoms with van der Waals surface area (Å²) >= 11 is 0. The maximum Gasteiger partial charge on any atom is 0.125 e. The first kappa shape index (κ1) is 17.3. The van der Waals surface area contributed by atoms with Crippen molar-refractivity contribution in [2.75, 3.05) is 13.2 Å². The molecule has 0 bridgehead atoms. The molecule has 22 heavy (non-hydrogen) atoms. The summed E-state index contributed by atoms with van der Waals surface area (Å²) in [4.78, 5) is 0. The molecule has 3 atom stereocenters. The van der Waals surface area contributed by atoms with Crippen LogP contribution in [-0.4, -0.2) is 30.4 Å². The lowest BCUT2D eigenvalue weighted by atomic mass is 9.86. The largest absolute Gasteiger partial charge is 0.490 e. The normalized spacial score (nSPS) is 23.3. The van der Waals surface area contributed by atoms with E-state index in [1.54, 1.807) is 0 Å². The molecule has 1 aromatic carbocycles. The van der Waals surface area contributed by atoms with Crippen molar-refractivity contribution in [3.63, 3.8) is 0 Å². The Labute approximate surface area is 135 Å². The van der Waals surface area contributed by atoms with Crippen LogP contribution in [0.4, 0.5) is 0 Å². The summed E-state index contributed by atoms with van der Waals surface area (Å²) in [7, 11) is 0. The molecule has 2 rings (SSSR count). The van der Waals surface area contributed by atoms with Gasteiger partial charge < -0.3 is 15.2 Å². The second-order valence-corrected chi connectivity index (χ2v) is 6.89. The zero-order valence-electron chi connectivity index (χ0n) is 14.5. The van der Waals surface area contributed by atoms with Crippen LogP contribution >= 0.6 is 0 Å². The van der Waals surface area contributed by atoms with E-state index < -0.39 is 6.10 Å². The molecule has 124 valence electrons.